The fraction of sp³-hybridized carbons (Fsp3) is 0.462. The highest BCUT2D eigenvalue weighted by molar-refractivity contribution is 7.08. The molecular weight excluding hydrogens is 280 g/mol. The summed E-state index contributed by atoms with van der Waals surface area (Å²) in [4.78, 5) is 35.7. The molecule has 0 aliphatic carbocycles. The highest BCUT2D eigenvalue weighted by Crippen LogP contribution is 2.13. The highest BCUT2D eigenvalue weighted by Gasteiger charge is 2.34. The molecule has 0 saturated carbocycles. The zero-order chi connectivity index (χ0) is 15.3. The number of hydrogen-bond acceptors (Lipinski definition) is 4. The average Bonchev–Trinajstić information content (AvgIpc) is 2.91. The van der Waals surface area contributed by atoms with Crippen LogP contribution in [0.15, 0.2) is 16.8 Å². The Morgan fingerprint density at radius 3 is 2.55 bits per heavy atom. The molecule has 20 heavy (non-hydrogen) atoms. The lowest BCUT2D eigenvalue weighted by molar-refractivity contribution is -0.155. The Hall–Kier alpha value is -1.89. The number of likely N-dealkylation sites (N-methyl/N-ethyl adjacent to an activating group) is 1. The van der Waals surface area contributed by atoms with Crippen molar-refractivity contribution >= 4 is 29.1 Å². The zero-order valence-electron chi connectivity index (χ0n) is 11.7. The molecule has 1 aromatic rings. The summed E-state index contributed by atoms with van der Waals surface area (Å²) in [6.45, 7) is 3.09. The van der Waals surface area contributed by atoms with E-state index in [0.29, 0.717) is 5.56 Å². The van der Waals surface area contributed by atoms with Crippen molar-refractivity contribution in [3.05, 3.63) is 22.4 Å². The van der Waals surface area contributed by atoms with Crippen molar-refractivity contribution in [3.63, 3.8) is 0 Å². The number of carbonyl (C=O) groups is 3. The molecule has 0 saturated heterocycles. The Morgan fingerprint density at radius 1 is 1.40 bits per heavy atom. The van der Waals surface area contributed by atoms with Crippen LogP contribution in [-0.2, 0) is 9.59 Å². The minimum atomic E-state index is -1.27. The quantitative estimate of drug-likeness (QED) is 0.826. The molecule has 0 unspecified atom stereocenters. The first-order valence-electron chi connectivity index (χ1n) is 6.07. The molecule has 0 aliphatic heterocycles. The van der Waals surface area contributed by atoms with Gasteiger partial charge < -0.3 is 15.3 Å². The zero-order valence-corrected chi connectivity index (χ0v) is 12.5. The van der Waals surface area contributed by atoms with E-state index in [1.165, 1.54) is 37.1 Å². The van der Waals surface area contributed by atoms with E-state index in [1.54, 1.807) is 16.8 Å². The van der Waals surface area contributed by atoms with E-state index in [-0.39, 0.29) is 24.8 Å². The van der Waals surface area contributed by atoms with E-state index in [9.17, 15) is 14.4 Å². The van der Waals surface area contributed by atoms with E-state index >= 15 is 0 Å². The number of aliphatic carboxylic acids is 1. The minimum absolute atomic E-state index is 0.0586. The van der Waals surface area contributed by atoms with Crippen LogP contribution in [0.5, 0.6) is 0 Å². The van der Waals surface area contributed by atoms with Crippen molar-refractivity contribution in [3.8, 4) is 0 Å². The van der Waals surface area contributed by atoms with Crippen LogP contribution in [0.3, 0.4) is 0 Å². The number of nitrogens with one attached hydrogen (secondary N) is 1. The third kappa shape index (κ3) is 3.80. The lowest BCUT2D eigenvalue weighted by atomic mass is 10.0. The van der Waals surface area contributed by atoms with Gasteiger partial charge >= 0.3 is 5.97 Å². The summed E-state index contributed by atoms with van der Waals surface area (Å²) < 4.78 is 0. The van der Waals surface area contributed by atoms with Crippen molar-refractivity contribution in [1.29, 1.82) is 0 Å². The van der Waals surface area contributed by atoms with Crippen LogP contribution in [0.25, 0.3) is 0 Å². The fourth-order valence-corrected chi connectivity index (χ4v) is 2.04. The van der Waals surface area contributed by atoms with E-state index in [1.807, 2.05) is 0 Å². The van der Waals surface area contributed by atoms with Gasteiger partial charge in [-0.2, -0.15) is 11.3 Å². The van der Waals surface area contributed by atoms with Crippen LogP contribution in [-0.4, -0.2) is 46.9 Å². The number of amides is 2. The summed E-state index contributed by atoms with van der Waals surface area (Å²) in [5.41, 5.74) is -0.712. The second-order valence-electron chi connectivity index (χ2n) is 4.83. The molecular formula is C13H18N2O4S. The monoisotopic (exact) mass is 298 g/mol. The number of nitrogens with zero attached hydrogens (tertiary/aromatic N) is 1. The van der Waals surface area contributed by atoms with E-state index in [4.69, 9.17) is 5.11 Å². The van der Waals surface area contributed by atoms with Gasteiger partial charge in [0.25, 0.3) is 5.91 Å². The Balaban J connectivity index is 2.44. The summed E-state index contributed by atoms with van der Waals surface area (Å²) in [6, 6.07) is 1.70. The van der Waals surface area contributed by atoms with Crippen molar-refractivity contribution in [2.24, 2.45) is 0 Å². The summed E-state index contributed by atoms with van der Waals surface area (Å²) >= 11 is 1.42. The van der Waals surface area contributed by atoms with Crippen LogP contribution in [0.1, 0.15) is 30.6 Å². The highest BCUT2D eigenvalue weighted by atomic mass is 32.1. The molecule has 0 aromatic carbocycles. The summed E-state index contributed by atoms with van der Waals surface area (Å²) in [5.74, 6) is -1.64. The molecule has 110 valence electrons. The van der Waals surface area contributed by atoms with Crippen LogP contribution >= 0.6 is 11.3 Å². The normalized spacial score (nSPS) is 10.9. The van der Waals surface area contributed by atoms with Gasteiger partial charge in [-0.15, -0.1) is 0 Å². The molecule has 2 N–H and O–H groups in total. The summed E-state index contributed by atoms with van der Waals surface area (Å²) in [5, 5.41) is 15.2. The Bertz CT molecular complexity index is 496. The summed E-state index contributed by atoms with van der Waals surface area (Å²) in [6.07, 6.45) is 0.0586. The maximum Gasteiger partial charge on any atom is 0.329 e. The van der Waals surface area contributed by atoms with Crippen LogP contribution in [0, 0.1) is 0 Å². The number of carboxylic acids is 1. The average molecular weight is 298 g/mol. The van der Waals surface area contributed by atoms with Crippen molar-refractivity contribution in [2.45, 2.75) is 25.8 Å². The van der Waals surface area contributed by atoms with Gasteiger partial charge in [-0.05, 0) is 25.3 Å². The molecule has 1 aromatic heterocycles. The van der Waals surface area contributed by atoms with Crippen molar-refractivity contribution in [1.82, 2.24) is 10.2 Å². The van der Waals surface area contributed by atoms with Gasteiger partial charge in [0.2, 0.25) is 5.91 Å². The minimum Gasteiger partial charge on any atom is -0.480 e. The van der Waals surface area contributed by atoms with Crippen LogP contribution < -0.4 is 5.32 Å². The molecule has 1 heterocycles. The second-order valence-corrected chi connectivity index (χ2v) is 5.61. The largest absolute Gasteiger partial charge is 0.480 e. The maximum atomic E-state index is 11.9. The van der Waals surface area contributed by atoms with Gasteiger partial charge in [0.1, 0.15) is 5.54 Å². The standard InChI is InChI=1S/C13H18N2O4S/c1-13(2,12(18)19)15(3)10(16)4-6-14-11(17)9-5-7-20-8-9/h5,7-8H,4,6H2,1-3H3,(H,14,17)(H,18,19). The van der Waals surface area contributed by atoms with Crippen molar-refractivity contribution < 1.29 is 19.5 Å². The van der Waals surface area contributed by atoms with E-state index < -0.39 is 11.5 Å². The number of carbonyl (C=O) groups excluding carboxylic acids is 2. The van der Waals surface area contributed by atoms with Gasteiger partial charge in [0.15, 0.2) is 0 Å². The lowest BCUT2D eigenvalue weighted by Gasteiger charge is -2.31. The molecule has 0 aliphatic rings. The third-order valence-corrected chi connectivity index (χ3v) is 3.83. The number of thiophene rings is 1. The Labute approximate surface area is 121 Å². The lowest BCUT2D eigenvalue weighted by Crippen LogP contribution is -2.51. The van der Waals surface area contributed by atoms with E-state index in [2.05, 4.69) is 5.32 Å². The molecule has 0 spiro atoms. The van der Waals surface area contributed by atoms with Gasteiger partial charge in [-0.3, -0.25) is 9.59 Å². The molecule has 0 fully saturated rings. The number of carboxylic acid groups (broad SMARTS) is 1. The van der Waals surface area contributed by atoms with Crippen LogP contribution in [0.4, 0.5) is 0 Å². The molecule has 6 nitrogen and oxygen atoms in total. The predicted molar refractivity (Wildman–Crippen MR) is 75.8 cm³/mol. The van der Waals surface area contributed by atoms with Gasteiger partial charge in [0, 0.05) is 31.0 Å². The molecule has 1 rings (SSSR count). The smallest absolute Gasteiger partial charge is 0.329 e. The topological polar surface area (TPSA) is 86.7 Å². The molecule has 2 amide bonds. The van der Waals surface area contributed by atoms with Gasteiger partial charge in [-0.25, -0.2) is 4.79 Å². The third-order valence-electron chi connectivity index (χ3n) is 3.14. The molecule has 7 heteroatoms. The SMILES string of the molecule is CN(C(=O)CCNC(=O)c1ccsc1)C(C)(C)C(=O)O. The molecule has 0 atom stereocenters. The van der Waals surface area contributed by atoms with Crippen molar-refractivity contribution in [2.75, 3.05) is 13.6 Å². The predicted octanol–water partition coefficient (Wildman–Crippen LogP) is 1.19. The maximum absolute atomic E-state index is 11.9. The number of rotatable bonds is 6. The first-order chi connectivity index (χ1) is 9.26. The second kappa shape index (κ2) is 6.51. The Kier molecular flexibility index (Phi) is 5.26. The Morgan fingerprint density at radius 2 is 2.05 bits per heavy atom. The van der Waals surface area contributed by atoms with Gasteiger partial charge in [-0.1, -0.05) is 0 Å². The summed E-state index contributed by atoms with van der Waals surface area (Å²) in [7, 11) is 1.44. The first-order valence-corrected chi connectivity index (χ1v) is 7.01. The molecule has 0 radical (unpaired) electrons. The van der Waals surface area contributed by atoms with Crippen LogP contribution in [0.2, 0.25) is 0 Å². The number of hydrogen-bond donors (Lipinski definition) is 2. The van der Waals surface area contributed by atoms with E-state index in [0.717, 1.165) is 0 Å². The first kappa shape index (κ1) is 16.2. The molecule has 0 bridgehead atoms. The van der Waals surface area contributed by atoms with Gasteiger partial charge in [0.05, 0.1) is 0 Å². The fourth-order valence-electron chi connectivity index (χ4n) is 1.40.